The predicted molar refractivity (Wildman–Crippen MR) is 87.2 cm³/mol. The lowest BCUT2D eigenvalue weighted by Gasteiger charge is -2.24. The Balaban J connectivity index is 2.84. The molecule has 2 unspecified atom stereocenters. The lowest BCUT2D eigenvalue weighted by Crippen LogP contribution is -2.27. The summed E-state index contributed by atoms with van der Waals surface area (Å²) in [6.45, 7) is 2.14. The van der Waals surface area contributed by atoms with Crippen molar-refractivity contribution < 1.29 is 24.2 Å². The summed E-state index contributed by atoms with van der Waals surface area (Å²) >= 11 is 0. The summed E-state index contributed by atoms with van der Waals surface area (Å²) in [5.74, 6) is -1.06. The van der Waals surface area contributed by atoms with Gasteiger partial charge in [-0.3, -0.25) is 4.79 Å². The van der Waals surface area contributed by atoms with E-state index < -0.39 is 24.1 Å². The minimum atomic E-state index is -1.39. The van der Waals surface area contributed by atoms with Gasteiger partial charge in [-0.2, -0.15) is 0 Å². The molecule has 1 aromatic rings. The maximum absolute atomic E-state index is 12.1. The second-order valence-corrected chi connectivity index (χ2v) is 5.55. The van der Waals surface area contributed by atoms with E-state index in [1.807, 2.05) is 6.07 Å². The highest BCUT2D eigenvalue weighted by molar-refractivity contribution is 5.73. The summed E-state index contributed by atoms with van der Waals surface area (Å²) in [5.41, 5.74) is 0.666. The third-order valence-electron chi connectivity index (χ3n) is 3.84. The largest absolute Gasteiger partial charge is 0.506 e. The highest BCUT2D eigenvalue weighted by Gasteiger charge is 2.33. The van der Waals surface area contributed by atoms with Gasteiger partial charge in [-0.25, -0.2) is 4.79 Å². The van der Waals surface area contributed by atoms with Gasteiger partial charge in [-0.15, -0.1) is 0 Å². The van der Waals surface area contributed by atoms with E-state index in [2.05, 4.69) is 6.92 Å². The molecule has 0 bridgehead atoms. The molecule has 5 heteroatoms. The Hall–Kier alpha value is -2.04. The maximum atomic E-state index is 12.1. The van der Waals surface area contributed by atoms with Crippen LogP contribution in [-0.2, 0) is 14.3 Å². The third-order valence-corrected chi connectivity index (χ3v) is 3.84. The number of ether oxygens (including phenoxy) is 2. The smallest absolute Gasteiger partial charge is 0.469 e. The molecule has 0 aliphatic heterocycles. The normalized spacial score (nSPS) is 13.1. The van der Waals surface area contributed by atoms with E-state index in [0.717, 1.165) is 32.1 Å². The van der Waals surface area contributed by atoms with Crippen molar-refractivity contribution in [1.29, 1.82) is 0 Å². The number of hydrogen-bond donors (Lipinski definition) is 1. The lowest BCUT2D eigenvalue weighted by atomic mass is 9.90. The van der Waals surface area contributed by atoms with Gasteiger partial charge in [0, 0.05) is 0 Å². The Morgan fingerprint density at radius 2 is 1.74 bits per heavy atom. The zero-order valence-corrected chi connectivity index (χ0v) is 13.9. The minimum Gasteiger partial charge on any atom is -0.469 e. The Labute approximate surface area is 137 Å². The van der Waals surface area contributed by atoms with Gasteiger partial charge in [0.15, 0.2) is 0 Å². The van der Waals surface area contributed by atoms with Gasteiger partial charge in [0.25, 0.3) is 0 Å². The summed E-state index contributed by atoms with van der Waals surface area (Å²) in [6.07, 6.45) is 3.59. The molecule has 2 atom stereocenters. The van der Waals surface area contributed by atoms with Crippen LogP contribution in [0, 0.1) is 5.92 Å². The molecular formula is C18H26O5. The van der Waals surface area contributed by atoms with E-state index in [1.54, 1.807) is 24.3 Å². The van der Waals surface area contributed by atoms with Crippen LogP contribution in [0.15, 0.2) is 30.3 Å². The summed E-state index contributed by atoms with van der Waals surface area (Å²) in [7, 11) is 1.31. The molecular weight excluding hydrogens is 296 g/mol. The molecule has 23 heavy (non-hydrogen) atoms. The van der Waals surface area contributed by atoms with Gasteiger partial charge >= 0.3 is 12.1 Å². The molecule has 0 fully saturated rings. The third kappa shape index (κ3) is 6.72. The van der Waals surface area contributed by atoms with E-state index in [0.29, 0.717) is 12.0 Å². The molecule has 1 aromatic carbocycles. The van der Waals surface area contributed by atoms with Crippen molar-refractivity contribution in [2.45, 2.75) is 51.6 Å². The van der Waals surface area contributed by atoms with Crippen LogP contribution in [0.3, 0.4) is 0 Å². The fourth-order valence-corrected chi connectivity index (χ4v) is 2.65. The number of hydrogen-bond acceptors (Lipinski definition) is 4. The highest BCUT2D eigenvalue weighted by atomic mass is 16.7. The molecule has 1 rings (SSSR count). The molecule has 0 amide bonds. The van der Waals surface area contributed by atoms with Crippen molar-refractivity contribution in [2.75, 3.05) is 7.11 Å². The number of methoxy groups -OCH3 is 1. The van der Waals surface area contributed by atoms with Crippen LogP contribution in [-0.4, -0.2) is 24.3 Å². The zero-order chi connectivity index (χ0) is 17.1. The van der Waals surface area contributed by atoms with Crippen LogP contribution >= 0.6 is 0 Å². The second kappa shape index (κ2) is 10.6. The fourth-order valence-electron chi connectivity index (χ4n) is 2.65. The van der Waals surface area contributed by atoms with E-state index in [-0.39, 0.29) is 0 Å². The SMILES string of the molecule is CCCCCCCC(C(=O)OC)C(OC(=O)O)c1ccccc1. The summed E-state index contributed by atoms with van der Waals surface area (Å²) in [5, 5.41) is 9.02. The number of carbonyl (C=O) groups excluding carboxylic acids is 1. The van der Waals surface area contributed by atoms with Gasteiger partial charge in [0.2, 0.25) is 0 Å². The number of esters is 1. The first-order valence-corrected chi connectivity index (χ1v) is 8.12. The molecule has 0 aliphatic carbocycles. The molecule has 0 aliphatic rings. The van der Waals surface area contributed by atoms with E-state index in [1.165, 1.54) is 7.11 Å². The fraction of sp³-hybridized carbons (Fsp3) is 0.556. The van der Waals surface area contributed by atoms with Crippen molar-refractivity contribution in [2.24, 2.45) is 5.92 Å². The van der Waals surface area contributed by atoms with Crippen LogP contribution < -0.4 is 0 Å². The molecule has 0 aromatic heterocycles. The maximum Gasteiger partial charge on any atom is 0.506 e. The van der Waals surface area contributed by atoms with Gasteiger partial charge in [-0.05, 0) is 12.0 Å². The Bertz CT molecular complexity index is 472. The molecule has 0 saturated heterocycles. The quantitative estimate of drug-likeness (QED) is 0.504. The molecule has 0 radical (unpaired) electrons. The zero-order valence-electron chi connectivity index (χ0n) is 13.9. The van der Waals surface area contributed by atoms with Crippen LogP contribution in [0.5, 0.6) is 0 Å². The summed E-state index contributed by atoms with van der Waals surface area (Å²) in [4.78, 5) is 23.2. The Kier molecular flexibility index (Phi) is 8.80. The minimum absolute atomic E-state index is 0.435. The number of unbranched alkanes of at least 4 members (excludes halogenated alkanes) is 4. The van der Waals surface area contributed by atoms with E-state index >= 15 is 0 Å². The number of carbonyl (C=O) groups is 2. The molecule has 1 N–H and O–H groups in total. The van der Waals surface area contributed by atoms with Gasteiger partial charge in [0.05, 0.1) is 13.0 Å². The van der Waals surface area contributed by atoms with E-state index in [9.17, 15) is 9.59 Å². The van der Waals surface area contributed by atoms with Crippen LogP contribution in [0.25, 0.3) is 0 Å². The van der Waals surface area contributed by atoms with Gasteiger partial charge in [0.1, 0.15) is 6.10 Å². The molecule has 0 spiro atoms. The summed E-state index contributed by atoms with van der Waals surface area (Å²) < 4.78 is 9.88. The van der Waals surface area contributed by atoms with E-state index in [4.69, 9.17) is 14.6 Å². The second-order valence-electron chi connectivity index (χ2n) is 5.55. The van der Waals surface area contributed by atoms with Gasteiger partial charge < -0.3 is 14.6 Å². The van der Waals surface area contributed by atoms with Crippen molar-refractivity contribution in [1.82, 2.24) is 0 Å². The van der Waals surface area contributed by atoms with Crippen LogP contribution in [0.4, 0.5) is 4.79 Å². The molecule has 0 heterocycles. The van der Waals surface area contributed by atoms with Crippen LogP contribution in [0.2, 0.25) is 0 Å². The number of benzene rings is 1. The molecule has 128 valence electrons. The number of carboxylic acid groups (broad SMARTS) is 1. The van der Waals surface area contributed by atoms with Gasteiger partial charge in [-0.1, -0.05) is 69.4 Å². The Morgan fingerprint density at radius 3 is 2.30 bits per heavy atom. The first kappa shape index (κ1) is 19.0. The summed E-state index contributed by atoms with van der Waals surface area (Å²) in [6, 6.07) is 8.95. The number of rotatable bonds is 10. The van der Waals surface area contributed by atoms with Crippen molar-refractivity contribution >= 4 is 12.1 Å². The average molecular weight is 322 g/mol. The predicted octanol–water partition coefficient (Wildman–Crippen LogP) is 4.57. The lowest BCUT2D eigenvalue weighted by molar-refractivity contribution is -0.150. The average Bonchev–Trinajstić information content (AvgIpc) is 2.56. The first-order valence-electron chi connectivity index (χ1n) is 8.12. The van der Waals surface area contributed by atoms with Crippen molar-refractivity contribution in [3.63, 3.8) is 0 Å². The topological polar surface area (TPSA) is 72.8 Å². The van der Waals surface area contributed by atoms with Crippen molar-refractivity contribution in [3.05, 3.63) is 35.9 Å². The van der Waals surface area contributed by atoms with Crippen LogP contribution in [0.1, 0.15) is 57.1 Å². The monoisotopic (exact) mass is 322 g/mol. The first-order chi connectivity index (χ1) is 11.1. The van der Waals surface area contributed by atoms with Crippen molar-refractivity contribution in [3.8, 4) is 0 Å². The standard InChI is InChI=1S/C18H26O5/c1-3-4-5-6-10-13-15(17(19)22-2)16(23-18(20)21)14-11-8-7-9-12-14/h7-9,11-12,15-16H,3-6,10,13H2,1-2H3,(H,20,21). The molecule has 0 saturated carbocycles. The highest BCUT2D eigenvalue weighted by Crippen LogP contribution is 2.31. The molecule has 5 nitrogen and oxygen atoms in total. The Morgan fingerprint density at radius 1 is 1.09 bits per heavy atom.